The lowest BCUT2D eigenvalue weighted by Crippen LogP contribution is -2.61. The molecule has 2 bridgehead atoms. The minimum Gasteiger partial charge on any atom is -0.507 e. The highest BCUT2D eigenvalue weighted by molar-refractivity contribution is 6.25. The number of ether oxygens (including phenoxy) is 3. The van der Waals surface area contributed by atoms with Gasteiger partial charge in [-0.3, -0.25) is 9.59 Å². The Labute approximate surface area is 170 Å². The maximum atomic E-state index is 11.7. The van der Waals surface area contributed by atoms with Gasteiger partial charge in [0, 0.05) is 11.8 Å². The highest BCUT2D eigenvalue weighted by Gasteiger charge is 2.65. The van der Waals surface area contributed by atoms with Crippen molar-refractivity contribution < 1.29 is 28.9 Å². The minimum atomic E-state index is -0.797. The Hall–Kier alpha value is -2.22. The Morgan fingerprint density at radius 3 is 2.69 bits per heavy atom. The molecule has 156 valence electrons. The fourth-order valence-corrected chi connectivity index (χ4v) is 4.37. The second-order valence-corrected chi connectivity index (χ2v) is 8.48. The Kier molecular flexibility index (Phi) is 4.80. The number of rotatable bonds is 4. The molecule has 0 radical (unpaired) electrons. The summed E-state index contributed by atoms with van der Waals surface area (Å²) in [5.74, 6) is -1.82. The van der Waals surface area contributed by atoms with Crippen LogP contribution < -0.4 is 5.32 Å². The molecule has 0 aromatic rings. The van der Waals surface area contributed by atoms with E-state index in [1.807, 2.05) is 13.8 Å². The van der Waals surface area contributed by atoms with Crippen LogP contribution in [-0.2, 0) is 23.8 Å². The van der Waals surface area contributed by atoms with Gasteiger partial charge in [-0.2, -0.15) is 0 Å². The summed E-state index contributed by atoms with van der Waals surface area (Å²) in [5, 5.41) is 12.5. The molecule has 3 saturated heterocycles. The third kappa shape index (κ3) is 3.37. The molecule has 4 rings (SSSR count). The number of Topliss-reactive ketones (excluding diaryl/α,β-unsaturated/α-hetero) is 1. The van der Waals surface area contributed by atoms with Gasteiger partial charge in [-0.05, 0) is 26.0 Å². The zero-order chi connectivity index (χ0) is 21.0. The summed E-state index contributed by atoms with van der Waals surface area (Å²) in [6.07, 6.45) is 9.18. The van der Waals surface area contributed by atoms with E-state index in [-0.39, 0.29) is 41.9 Å². The van der Waals surface area contributed by atoms with Crippen LogP contribution in [0.5, 0.6) is 0 Å². The van der Waals surface area contributed by atoms with Crippen molar-refractivity contribution in [1.82, 2.24) is 5.32 Å². The van der Waals surface area contributed by atoms with Crippen molar-refractivity contribution in [2.45, 2.75) is 51.3 Å². The first-order valence-electron chi connectivity index (χ1n) is 9.96. The average Bonchev–Trinajstić information content (AvgIpc) is 3.39. The molecule has 6 atom stereocenters. The highest BCUT2D eigenvalue weighted by Crippen LogP contribution is 2.51. The molecule has 0 aromatic heterocycles. The van der Waals surface area contributed by atoms with Crippen molar-refractivity contribution in [3.8, 4) is 0 Å². The maximum Gasteiger partial charge on any atom is 0.259 e. The molecule has 1 unspecified atom stereocenters. The molecular formula is C22H27NO6. The predicted molar refractivity (Wildman–Crippen MR) is 105 cm³/mol. The lowest BCUT2D eigenvalue weighted by Gasteiger charge is -2.51. The molecule has 4 aliphatic heterocycles. The maximum absolute atomic E-state index is 11.7. The monoisotopic (exact) mass is 401 g/mol. The number of aliphatic hydroxyl groups is 1. The van der Waals surface area contributed by atoms with Gasteiger partial charge in [-0.1, -0.05) is 37.6 Å². The molecule has 4 heterocycles. The minimum absolute atomic E-state index is 0.0269. The van der Waals surface area contributed by atoms with Crippen LogP contribution in [0, 0.1) is 11.8 Å². The normalized spacial score (nSPS) is 41.8. The number of amides is 1. The first kappa shape index (κ1) is 20.1. The van der Waals surface area contributed by atoms with Crippen LogP contribution in [0.1, 0.15) is 27.7 Å². The number of ketones is 1. The van der Waals surface area contributed by atoms with Crippen molar-refractivity contribution in [2.24, 2.45) is 11.8 Å². The Bertz CT molecular complexity index is 847. The van der Waals surface area contributed by atoms with Crippen LogP contribution in [0.3, 0.4) is 0 Å². The third-order valence-electron chi connectivity index (χ3n) is 6.26. The van der Waals surface area contributed by atoms with E-state index in [1.54, 1.807) is 6.08 Å². The quantitative estimate of drug-likeness (QED) is 0.187. The van der Waals surface area contributed by atoms with Crippen molar-refractivity contribution in [3.05, 3.63) is 47.3 Å². The van der Waals surface area contributed by atoms with Gasteiger partial charge in [0.05, 0.1) is 25.4 Å². The number of nitrogens with one attached hydrogen (secondary N) is 1. The molecular weight excluding hydrogens is 374 g/mol. The predicted octanol–water partition coefficient (Wildman–Crippen LogP) is 2.11. The summed E-state index contributed by atoms with van der Waals surface area (Å²) in [7, 11) is 0. The zero-order valence-electron chi connectivity index (χ0n) is 17.1. The van der Waals surface area contributed by atoms with Crippen molar-refractivity contribution >= 4 is 11.7 Å². The molecule has 1 amide bonds. The number of allylic oxidation sites excluding steroid dienone is 3. The number of carbonyl (C=O) groups is 2. The van der Waals surface area contributed by atoms with Gasteiger partial charge >= 0.3 is 0 Å². The topological polar surface area (TPSA) is 97.4 Å². The lowest BCUT2D eigenvalue weighted by atomic mass is 9.82. The van der Waals surface area contributed by atoms with Gasteiger partial charge in [-0.15, -0.1) is 0 Å². The average molecular weight is 401 g/mol. The molecule has 0 saturated carbocycles. The SMILES string of the molecule is CC(C=CC(O)=C1C(=O)CNC1=O)=C[C@@H](C)[C@H]1O[C@@]2(C)O[C@H](C=CC23CO3)[C@@H]1C. The first-order valence-corrected chi connectivity index (χ1v) is 9.96. The molecule has 4 aliphatic rings. The highest BCUT2D eigenvalue weighted by atomic mass is 16.8. The molecule has 1 spiro atoms. The van der Waals surface area contributed by atoms with Gasteiger partial charge in [0.2, 0.25) is 5.79 Å². The van der Waals surface area contributed by atoms with Gasteiger partial charge in [0.1, 0.15) is 11.3 Å². The number of hydrogen-bond donors (Lipinski definition) is 2. The third-order valence-corrected chi connectivity index (χ3v) is 6.26. The van der Waals surface area contributed by atoms with Crippen LogP contribution in [0.25, 0.3) is 0 Å². The van der Waals surface area contributed by atoms with Crippen LogP contribution in [-0.4, -0.2) is 53.5 Å². The number of epoxide rings is 1. The van der Waals surface area contributed by atoms with Crippen molar-refractivity contribution in [3.63, 3.8) is 0 Å². The van der Waals surface area contributed by atoms with Crippen LogP contribution >= 0.6 is 0 Å². The molecule has 0 aromatic carbocycles. The van der Waals surface area contributed by atoms with Crippen molar-refractivity contribution in [2.75, 3.05) is 13.2 Å². The van der Waals surface area contributed by atoms with E-state index in [9.17, 15) is 14.7 Å². The smallest absolute Gasteiger partial charge is 0.259 e. The van der Waals surface area contributed by atoms with Crippen molar-refractivity contribution in [1.29, 1.82) is 0 Å². The largest absolute Gasteiger partial charge is 0.507 e. The van der Waals surface area contributed by atoms with E-state index in [0.29, 0.717) is 6.61 Å². The van der Waals surface area contributed by atoms with Gasteiger partial charge in [0.15, 0.2) is 11.4 Å². The van der Waals surface area contributed by atoms with Gasteiger partial charge in [0.25, 0.3) is 5.91 Å². The van der Waals surface area contributed by atoms with E-state index < -0.39 is 23.1 Å². The summed E-state index contributed by atoms with van der Waals surface area (Å²) in [4.78, 5) is 23.3. The molecule has 29 heavy (non-hydrogen) atoms. The van der Waals surface area contributed by atoms with Gasteiger partial charge < -0.3 is 24.6 Å². The summed E-state index contributed by atoms with van der Waals surface area (Å²) in [6, 6.07) is 0. The fourth-order valence-electron chi connectivity index (χ4n) is 4.37. The first-order chi connectivity index (χ1) is 13.7. The second-order valence-electron chi connectivity index (χ2n) is 8.48. The molecule has 3 fully saturated rings. The summed E-state index contributed by atoms with van der Waals surface area (Å²) >= 11 is 0. The zero-order valence-corrected chi connectivity index (χ0v) is 17.1. The summed E-state index contributed by atoms with van der Waals surface area (Å²) < 4.78 is 18.2. The van der Waals surface area contributed by atoms with E-state index in [1.165, 1.54) is 6.08 Å². The number of hydrogen-bond acceptors (Lipinski definition) is 6. The van der Waals surface area contributed by atoms with Gasteiger partial charge in [-0.25, -0.2) is 0 Å². The summed E-state index contributed by atoms with van der Waals surface area (Å²) in [6.45, 7) is 8.56. The number of fused-ring (bicyclic) bond motifs is 3. The van der Waals surface area contributed by atoms with E-state index in [4.69, 9.17) is 14.2 Å². The van der Waals surface area contributed by atoms with E-state index in [2.05, 4.69) is 37.4 Å². The lowest BCUT2D eigenvalue weighted by molar-refractivity contribution is -0.346. The second kappa shape index (κ2) is 6.93. The Balaban J connectivity index is 1.49. The number of carbonyl (C=O) groups excluding carboxylic acids is 2. The summed E-state index contributed by atoms with van der Waals surface area (Å²) in [5.41, 5.74) is 0.221. The fraction of sp³-hybridized carbons (Fsp3) is 0.545. The molecule has 0 aliphatic carbocycles. The van der Waals surface area contributed by atoms with E-state index in [0.717, 1.165) is 5.57 Å². The standard InChI is InChI=1S/C22H27NO6/c1-12(5-6-15(24)18-16(25)10-23-20(18)26)9-13(2)19-14(3)17-7-8-22(11-27-22)21(4,28-17)29-19/h5-9,13-14,17,19,24H,10-11H2,1-4H3,(H,23,26)/t13-,14+,17-,19-,21-,22?/m1/s1. The Morgan fingerprint density at radius 1 is 1.34 bits per heavy atom. The van der Waals surface area contributed by atoms with E-state index >= 15 is 0 Å². The molecule has 7 heteroatoms. The van der Waals surface area contributed by atoms with Crippen LogP contribution in [0.15, 0.2) is 47.3 Å². The molecule has 7 nitrogen and oxygen atoms in total. The van der Waals surface area contributed by atoms with Crippen LogP contribution in [0.4, 0.5) is 0 Å². The Morgan fingerprint density at radius 2 is 2.07 bits per heavy atom. The number of aliphatic hydroxyl groups excluding tert-OH is 1. The van der Waals surface area contributed by atoms with Crippen LogP contribution in [0.2, 0.25) is 0 Å². The molecule has 2 N–H and O–H groups in total.